The number of alkyl halides is 4. The van der Waals surface area contributed by atoms with E-state index in [1.807, 2.05) is 173 Å². The molecule has 0 bridgehead atoms. The number of halogens is 5. The summed E-state index contributed by atoms with van der Waals surface area (Å²) in [5, 5.41) is 10.6. The second-order valence-corrected chi connectivity index (χ2v) is 29.2. The van der Waals surface area contributed by atoms with Crippen LogP contribution < -0.4 is 130 Å². The number of hydrogen-bond acceptors (Lipinski definition) is 12. The number of amides is 3. The molecule has 24 heteroatoms. The van der Waals surface area contributed by atoms with Gasteiger partial charge in [0.05, 0.1) is 41.0 Å². The largest absolute Gasteiger partial charge is 1.00 e. The summed E-state index contributed by atoms with van der Waals surface area (Å²) in [5.41, 5.74) is 9.37. The van der Waals surface area contributed by atoms with E-state index in [1.165, 1.54) is 10.0 Å². The van der Waals surface area contributed by atoms with Gasteiger partial charge >= 0.3 is 117 Å². The molecule has 2 fully saturated rings. The van der Waals surface area contributed by atoms with Crippen molar-refractivity contribution >= 4 is 130 Å². The normalized spacial score (nSPS) is 15.6. The van der Waals surface area contributed by atoms with Gasteiger partial charge in [0.1, 0.15) is 0 Å². The number of aryl methyl sites for hydroxylation is 4. The van der Waals surface area contributed by atoms with Crippen molar-refractivity contribution in [2.45, 2.75) is 166 Å². The Bertz CT molecular complexity index is 2730. The minimum Gasteiger partial charge on any atom is -1.00 e. The number of rotatable bonds is 9. The Hall–Kier alpha value is -0.197. The van der Waals surface area contributed by atoms with E-state index in [1.54, 1.807) is 24.3 Å². The van der Waals surface area contributed by atoms with E-state index in [2.05, 4.69) is 74.0 Å². The molecule has 0 aromatic heterocycles. The van der Waals surface area contributed by atoms with Crippen molar-refractivity contribution in [3.8, 4) is 0 Å². The Morgan fingerprint density at radius 1 is 0.608 bits per heavy atom. The molecule has 2 aliphatic rings. The predicted octanol–water partition coefficient (Wildman–Crippen LogP) is 5.10. The van der Waals surface area contributed by atoms with E-state index in [-0.39, 0.29) is 135 Å². The van der Waals surface area contributed by atoms with Crippen LogP contribution in [-0.4, -0.2) is 87.2 Å². The first-order valence-electron chi connectivity index (χ1n) is 24.5. The molecule has 6 rings (SSSR count). The molecule has 0 saturated carbocycles. The van der Waals surface area contributed by atoms with Crippen LogP contribution in [0, 0.1) is 27.7 Å². The second-order valence-electron chi connectivity index (χ2n) is 22.8. The monoisotopic (exact) mass is 1420 g/mol. The number of nitrogens with zero attached hydrogens (tertiary/aromatic N) is 2. The van der Waals surface area contributed by atoms with Gasteiger partial charge < -0.3 is 30.2 Å². The number of benzene rings is 4. The van der Waals surface area contributed by atoms with Crippen molar-refractivity contribution < 1.29 is 157 Å². The third-order valence-corrected chi connectivity index (χ3v) is 15.3. The summed E-state index contributed by atoms with van der Waals surface area (Å²) in [6, 6.07) is 22.0. The first-order valence-corrected chi connectivity index (χ1v) is 28.5. The summed E-state index contributed by atoms with van der Waals surface area (Å²) in [5.74, 6) is 5.00. The molecule has 0 spiro atoms. The number of nitrogens with one attached hydrogen (secondary N) is 1. The summed E-state index contributed by atoms with van der Waals surface area (Å²) in [4.78, 5) is 61.7. The fourth-order valence-electron chi connectivity index (χ4n) is 7.62. The maximum Gasteiger partial charge on any atom is 1.00 e. The van der Waals surface area contributed by atoms with Crippen LogP contribution in [-0.2, 0) is 28.3 Å². The van der Waals surface area contributed by atoms with Crippen molar-refractivity contribution in [3.05, 3.63) is 128 Å². The number of hydrogen-bond donors (Lipinski definition) is 2. The van der Waals surface area contributed by atoms with Crippen LogP contribution in [0.1, 0.15) is 181 Å². The zero-order chi connectivity index (χ0) is 59.1. The van der Waals surface area contributed by atoms with Gasteiger partial charge in [-0.25, -0.2) is 10.9 Å². The fourth-order valence-corrected chi connectivity index (χ4v) is 9.40. The number of carbonyl (C=O) groups excluding carboxylic acids is 5. The molecule has 0 atom stereocenters. The van der Waals surface area contributed by atoms with Crippen molar-refractivity contribution in [1.82, 2.24) is 15.4 Å². The Kier molecular flexibility index (Phi) is 30.6. The van der Waals surface area contributed by atoms with Crippen molar-refractivity contribution in [3.63, 3.8) is 0 Å². The Balaban J connectivity index is 0.00000121. The van der Waals surface area contributed by atoms with Crippen LogP contribution in [0.3, 0.4) is 0 Å². The van der Waals surface area contributed by atoms with Gasteiger partial charge in [-0.3, -0.25) is 34.4 Å². The van der Waals surface area contributed by atoms with Gasteiger partial charge in [0.15, 0.2) is 0 Å². The fraction of sp³-hybridized carbons (Fsp3) is 0.473. The molecule has 2 saturated heterocycles. The van der Waals surface area contributed by atoms with Crippen LogP contribution in [0.4, 0.5) is 0 Å². The Labute approximate surface area is 593 Å². The van der Waals surface area contributed by atoms with Crippen LogP contribution in [0.2, 0.25) is 0 Å². The second kappa shape index (κ2) is 31.4. The van der Waals surface area contributed by atoms with Crippen molar-refractivity contribution in [1.29, 1.82) is 0 Å². The maximum atomic E-state index is 13.5. The van der Waals surface area contributed by atoms with E-state index in [9.17, 15) is 19.2 Å². The van der Waals surface area contributed by atoms with Gasteiger partial charge in [-0.05, 0) is 207 Å². The molecule has 422 valence electrons. The summed E-state index contributed by atoms with van der Waals surface area (Å²) in [6.07, 6.45) is 0. The van der Waals surface area contributed by atoms with Gasteiger partial charge in [-0.15, -0.1) is 0 Å². The van der Waals surface area contributed by atoms with Gasteiger partial charge in [0.2, 0.25) is 0 Å². The molecule has 3 amide bonds. The minimum atomic E-state index is -0.657. The van der Waals surface area contributed by atoms with Gasteiger partial charge in [-0.2, -0.15) is 0 Å². The molecule has 15 nitrogen and oxygen atoms in total. The van der Waals surface area contributed by atoms with Gasteiger partial charge in [-0.1, -0.05) is 110 Å². The summed E-state index contributed by atoms with van der Waals surface area (Å²) in [6.45, 7) is 35.0. The molecule has 4 aromatic carbocycles. The van der Waals surface area contributed by atoms with E-state index in [4.69, 9.17) is 46.1 Å². The topological polar surface area (TPSA) is 199 Å². The van der Waals surface area contributed by atoms with Gasteiger partial charge in [0.25, 0.3) is 29.4 Å². The summed E-state index contributed by atoms with van der Waals surface area (Å²) >= 11 is 19.7. The summed E-state index contributed by atoms with van der Waals surface area (Å²) < 4.78 is 24.4. The molecule has 4 aromatic rings. The third kappa shape index (κ3) is 21.3. The average Bonchev–Trinajstić information content (AvgIpc) is 3.67. The van der Waals surface area contributed by atoms with Crippen LogP contribution >= 0.6 is 75.3 Å². The first-order chi connectivity index (χ1) is 35.1. The Morgan fingerprint density at radius 3 is 1.22 bits per heavy atom. The molecule has 3 N–H and O–H groups in total. The van der Waals surface area contributed by atoms with Gasteiger partial charge in [0, 0.05) is 22.3 Å². The SMILES string of the molecule is CC1(C)OB(c2cc(C(=O)Cl)ccc2C(Br)Br)OC1(C)C.Cc1cc(C)cc(C(=O)N(N)C(C)(C)C)c1.Cc1cc(C)cc(C(=O)N(NC(=O)c2ccc(C(Br)Br)c(B3OC(C)(C)C(C)(C)O3)c2)C(C)(C)C)c1.O=CO[O-].[H-].[K+].[K+]. The quantitative estimate of drug-likeness (QED) is 0.0329. The third-order valence-electron chi connectivity index (χ3n) is 13.2. The Morgan fingerprint density at radius 2 is 0.924 bits per heavy atom. The molecule has 0 radical (unpaired) electrons. The van der Waals surface area contributed by atoms with E-state index in [0.29, 0.717) is 22.3 Å². The zero-order valence-corrected chi connectivity index (χ0v) is 62.5. The summed E-state index contributed by atoms with van der Waals surface area (Å²) in [7, 11) is -1.19. The van der Waals surface area contributed by atoms with Crippen LogP contribution in [0.25, 0.3) is 0 Å². The standard InChI is InChI=1S/C27H35BBr2N2O4.C14H16BBr2ClO3.C13H20N2O.CH2O3.2K.H/c1-16-12-17(2)14-19(13-16)24(34)32(25(3,4)5)31-23(33)18-10-11-20(22(29)30)21(15-18)28-35-26(6,7)27(8,9)36-28;1-13(2)14(3,4)21-15(20-13)10-7-8(12(18)19)5-6-9(10)11(16)17;1-9-6-10(2)8-11(7-9)12(16)15(14)13(3,4)5;2-1-4-3;;;/h10-15,22H,1-9H3,(H,31,33);5-7,11H,1-4H3;6-8H,14H2,1-5H3;1,3H;;;/q;;;;2*+1;-1/p-1. The van der Waals surface area contributed by atoms with E-state index < -0.39 is 53.3 Å². The molecular weight excluding hydrogens is 1350 g/mol. The molecule has 2 heterocycles. The molecule has 0 unspecified atom stereocenters. The van der Waals surface area contributed by atoms with Crippen molar-refractivity contribution in [2.24, 2.45) is 5.84 Å². The minimum absolute atomic E-state index is 0. The first kappa shape index (κ1) is 76.8. The number of nitrogens with two attached hydrogens (primary N) is 1. The smallest absolute Gasteiger partial charge is 1.00 e. The van der Waals surface area contributed by atoms with Crippen LogP contribution in [0.15, 0.2) is 72.8 Å². The predicted molar refractivity (Wildman–Crippen MR) is 319 cm³/mol. The molecule has 79 heavy (non-hydrogen) atoms. The van der Waals surface area contributed by atoms with E-state index in [0.717, 1.165) is 44.3 Å². The van der Waals surface area contributed by atoms with E-state index >= 15 is 0 Å². The number of hydrazine groups is 2. The molecular formula is C55H73B2Br4ClK2N4O11. The number of carbonyl (C=O) groups is 5. The van der Waals surface area contributed by atoms with Crippen LogP contribution in [0.5, 0.6) is 0 Å². The molecule has 0 aliphatic carbocycles. The van der Waals surface area contributed by atoms with Crippen molar-refractivity contribution in [2.75, 3.05) is 0 Å². The average molecular weight is 1420 g/mol. The molecule has 2 aliphatic heterocycles. The maximum absolute atomic E-state index is 13.5. The zero-order valence-electron chi connectivity index (χ0n) is 50.2.